The molecular weight excluding hydrogens is 306 g/mol. The van der Waals surface area contributed by atoms with E-state index in [0.29, 0.717) is 18.2 Å². The maximum Gasteiger partial charge on any atom is 0.273 e. The van der Waals surface area contributed by atoms with Crippen LogP contribution in [0.25, 0.3) is 0 Å². The average molecular weight is 326 g/mol. The van der Waals surface area contributed by atoms with Crippen molar-refractivity contribution in [3.8, 4) is 0 Å². The van der Waals surface area contributed by atoms with Crippen molar-refractivity contribution in [2.24, 2.45) is 11.7 Å². The van der Waals surface area contributed by atoms with E-state index in [1.807, 2.05) is 17.0 Å². The highest BCUT2D eigenvalue weighted by Gasteiger charge is 2.31. The molecule has 0 spiro atoms. The van der Waals surface area contributed by atoms with Gasteiger partial charge in [-0.05, 0) is 46.8 Å². The average Bonchev–Trinajstić information content (AvgIpc) is 2.46. The Morgan fingerprint density at radius 1 is 1.63 bits per heavy atom. The monoisotopic (exact) mass is 325 g/mol. The Labute approximate surface area is 122 Å². The molecule has 0 aliphatic carbocycles. The number of hydrogen-bond acceptors (Lipinski definition) is 3. The first-order chi connectivity index (χ1) is 9.17. The van der Waals surface area contributed by atoms with Crippen LogP contribution in [0, 0.1) is 5.92 Å². The van der Waals surface area contributed by atoms with E-state index in [9.17, 15) is 4.79 Å². The van der Waals surface area contributed by atoms with Crippen molar-refractivity contribution < 1.29 is 4.79 Å². The van der Waals surface area contributed by atoms with E-state index in [-0.39, 0.29) is 11.9 Å². The number of nitrogens with two attached hydrogens (primary N) is 1. The Bertz CT molecular complexity index is 452. The van der Waals surface area contributed by atoms with Crippen LogP contribution in [0.15, 0.2) is 22.8 Å². The van der Waals surface area contributed by atoms with Crippen molar-refractivity contribution in [2.45, 2.75) is 32.2 Å². The van der Waals surface area contributed by atoms with E-state index < -0.39 is 0 Å². The summed E-state index contributed by atoms with van der Waals surface area (Å²) in [5, 5.41) is 0. The number of carbonyl (C=O) groups excluding carboxylic acids is 1. The summed E-state index contributed by atoms with van der Waals surface area (Å²) in [6.07, 6.45) is 4.87. The van der Waals surface area contributed by atoms with Gasteiger partial charge in [0, 0.05) is 29.8 Å². The Balaban J connectivity index is 2.17. The highest BCUT2D eigenvalue weighted by molar-refractivity contribution is 9.10. The molecule has 0 aromatic carbocycles. The Hall–Kier alpha value is -0.940. The normalized spacial score (nSPS) is 23.4. The van der Waals surface area contributed by atoms with Gasteiger partial charge in [-0.1, -0.05) is 13.3 Å². The van der Waals surface area contributed by atoms with Crippen LogP contribution >= 0.6 is 15.9 Å². The molecule has 2 unspecified atom stereocenters. The number of carbonyl (C=O) groups is 1. The zero-order valence-electron chi connectivity index (χ0n) is 11.2. The molecule has 0 bridgehead atoms. The predicted octanol–water partition coefficient (Wildman–Crippen LogP) is 2.43. The van der Waals surface area contributed by atoms with Gasteiger partial charge in [-0.2, -0.15) is 0 Å². The second-order valence-electron chi connectivity index (χ2n) is 5.02. The van der Waals surface area contributed by atoms with Gasteiger partial charge in [-0.3, -0.25) is 4.79 Å². The molecule has 1 amide bonds. The van der Waals surface area contributed by atoms with E-state index in [1.165, 1.54) is 0 Å². The lowest BCUT2D eigenvalue weighted by molar-refractivity contribution is 0.0551. The summed E-state index contributed by atoms with van der Waals surface area (Å²) in [6, 6.07) is 3.79. The van der Waals surface area contributed by atoms with Gasteiger partial charge in [0.2, 0.25) is 0 Å². The number of amides is 1. The number of likely N-dealkylation sites (tertiary alicyclic amines) is 1. The van der Waals surface area contributed by atoms with Gasteiger partial charge in [-0.25, -0.2) is 4.98 Å². The van der Waals surface area contributed by atoms with Crippen LogP contribution in [0.5, 0.6) is 0 Å². The fourth-order valence-corrected chi connectivity index (χ4v) is 3.10. The second-order valence-corrected chi connectivity index (χ2v) is 5.87. The van der Waals surface area contributed by atoms with E-state index >= 15 is 0 Å². The van der Waals surface area contributed by atoms with Crippen LogP contribution in [0.2, 0.25) is 0 Å². The van der Waals surface area contributed by atoms with Gasteiger partial charge in [0.15, 0.2) is 0 Å². The SMILES string of the molecule is CCC1CCN(C(=O)c2ncccc2Br)C(CN)C1. The topological polar surface area (TPSA) is 59.2 Å². The lowest BCUT2D eigenvalue weighted by Gasteiger charge is -2.38. The van der Waals surface area contributed by atoms with Crippen LogP contribution in [-0.2, 0) is 0 Å². The maximum atomic E-state index is 12.6. The first kappa shape index (κ1) is 14.5. The fraction of sp³-hybridized carbons (Fsp3) is 0.571. The largest absolute Gasteiger partial charge is 0.333 e. The molecule has 1 aromatic heterocycles. The number of pyridine rings is 1. The summed E-state index contributed by atoms with van der Waals surface area (Å²) in [5.74, 6) is 0.669. The van der Waals surface area contributed by atoms with Crippen LogP contribution in [-0.4, -0.2) is 34.9 Å². The molecule has 1 saturated heterocycles. The third-order valence-electron chi connectivity index (χ3n) is 3.90. The molecule has 1 fully saturated rings. The Morgan fingerprint density at radius 3 is 3.05 bits per heavy atom. The molecule has 4 nitrogen and oxygen atoms in total. The molecule has 2 N–H and O–H groups in total. The molecule has 2 heterocycles. The molecule has 1 aliphatic rings. The van der Waals surface area contributed by atoms with E-state index in [4.69, 9.17) is 5.73 Å². The molecule has 5 heteroatoms. The van der Waals surface area contributed by atoms with Crippen molar-refractivity contribution in [1.29, 1.82) is 0 Å². The zero-order chi connectivity index (χ0) is 13.8. The molecular formula is C14H20BrN3O. The Morgan fingerprint density at radius 2 is 2.42 bits per heavy atom. The number of rotatable bonds is 3. The number of nitrogens with zero attached hydrogens (tertiary/aromatic N) is 2. The number of halogens is 1. The lowest BCUT2D eigenvalue weighted by Crippen LogP contribution is -2.49. The second kappa shape index (κ2) is 6.48. The summed E-state index contributed by atoms with van der Waals surface area (Å²) in [7, 11) is 0. The van der Waals surface area contributed by atoms with Gasteiger partial charge < -0.3 is 10.6 Å². The van der Waals surface area contributed by atoms with Crippen molar-refractivity contribution in [1.82, 2.24) is 9.88 Å². The molecule has 0 saturated carbocycles. The predicted molar refractivity (Wildman–Crippen MR) is 78.8 cm³/mol. The van der Waals surface area contributed by atoms with Crippen LogP contribution in [0.4, 0.5) is 0 Å². The molecule has 19 heavy (non-hydrogen) atoms. The molecule has 1 aromatic rings. The van der Waals surface area contributed by atoms with Crippen molar-refractivity contribution in [3.05, 3.63) is 28.5 Å². The van der Waals surface area contributed by atoms with Gasteiger partial charge in [0.05, 0.1) is 0 Å². The third kappa shape index (κ3) is 3.15. The number of hydrogen-bond donors (Lipinski definition) is 1. The van der Waals surface area contributed by atoms with E-state index in [1.54, 1.807) is 6.20 Å². The van der Waals surface area contributed by atoms with Crippen molar-refractivity contribution in [2.75, 3.05) is 13.1 Å². The molecule has 1 aliphatic heterocycles. The number of piperidine rings is 1. The molecule has 2 atom stereocenters. The first-order valence-electron chi connectivity index (χ1n) is 6.78. The summed E-state index contributed by atoms with van der Waals surface area (Å²) < 4.78 is 0.744. The standard InChI is InChI=1S/C14H20BrN3O/c1-2-10-5-7-18(11(8-10)9-16)14(19)13-12(15)4-3-6-17-13/h3-4,6,10-11H,2,5,7-9,16H2,1H3. The fourth-order valence-electron chi connectivity index (χ4n) is 2.67. The van der Waals surface area contributed by atoms with Gasteiger partial charge in [-0.15, -0.1) is 0 Å². The minimum atomic E-state index is -0.0162. The third-order valence-corrected chi connectivity index (χ3v) is 4.54. The Kier molecular flexibility index (Phi) is 4.93. The smallest absolute Gasteiger partial charge is 0.273 e. The van der Waals surface area contributed by atoms with Crippen LogP contribution in [0.1, 0.15) is 36.7 Å². The highest BCUT2D eigenvalue weighted by Crippen LogP contribution is 2.27. The summed E-state index contributed by atoms with van der Waals surface area (Å²) in [6.45, 7) is 3.50. The first-order valence-corrected chi connectivity index (χ1v) is 7.58. The molecule has 104 valence electrons. The maximum absolute atomic E-state index is 12.6. The van der Waals surface area contributed by atoms with Crippen molar-refractivity contribution in [3.63, 3.8) is 0 Å². The van der Waals surface area contributed by atoms with E-state index in [2.05, 4.69) is 27.8 Å². The molecule has 2 rings (SSSR count). The minimum absolute atomic E-state index is 0.0162. The molecule has 0 radical (unpaired) electrons. The van der Waals surface area contributed by atoms with Crippen molar-refractivity contribution >= 4 is 21.8 Å². The van der Waals surface area contributed by atoms with E-state index in [0.717, 1.165) is 30.3 Å². The van der Waals surface area contributed by atoms with Crippen LogP contribution < -0.4 is 5.73 Å². The summed E-state index contributed by atoms with van der Waals surface area (Å²) >= 11 is 3.39. The number of aromatic nitrogens is 1. The summed E-state index contributed by atoms with van der Waals surface area (Å²) in [5.41, 5.74) is 6.32. The van der Waals surface area contributed by atoms with Gasteiger partial charge in [0.25, 0.3) is 5.91 Å². The van der Waals surface area contributed by atoms with Gasteiger partial charge in [0.1, 0.15) is 5.69 Å². The lowest BCUT2D eigenvalue weighted by atomic mass is 9.88. The zero-order valence-corrected chi connectivity index (χ0v) is 12.8. The highest BCUT2D eigenvalue weighted by atomic mass is 79.9. The quantitative estimate of drug-likeness (QED) is 0.928. The van der Waals surface area contributed by atoms with Crippen LogP contribution in [0.3, 0.4) is 0 Å². The van der Waals surface area contributed by atoms with Gasteiger partial charge >= 0.3 is 0 Å². The summed E-state index contributed by atoms with van der Waals surface area (Å²) in [4.78, 5) is 18.6. The minimum Gasteiger partial charge on any atom is -0.333 e.